The molecule has 0 fully saturated rings. The van der Waals surface area contributed by atoms with Crippen molar-refractivity contribution in [2.24, 2.45) is 0 Å². The minimum atomic E-state index is -0.121. The summed E-state index contributed by atoms with van der Waals surface area (Å²) >= 11 is 0. The Morgan fingerprint density at radius 3 is 1.60 bits per heavy atom. The highest BCUT2D eigenvalue weighted by atomic mass is 15.3. The first-order chi connectivity index (χ1) is 20.8. The maximum absolute atomic E-state index is 5.19. The Labute approximate surface area is 244 Å². The summed E-state index contributed by atoms with van der Waals surface area (Å²) in [5, 5.41) is 8.48. The van der Waals surface area contributed by atoms with Gasteiger partial charge in [-0.15, -0.1) is 0 Å². The molecule has 0 spiro atoms. The van der Waals surface area contributed by atoms with Gasteiger partial charge in [0.1, 0.15) is 6.17 Å². The zero-order valence-corrected chi connectivity index (χ0v) is 23.1. The number of hydrogen-bond donors (Lipinski definition) is 1. The van der Waals surface area contributed by atoms with E-state index in [9.17, 15) is 0 Å². The van der Waals surface area contributed by atoms with Crippen LogP contribution in [0.25, 0.3) is 55.7 Å². The lowest BCUT2D eigenvalue weighted by Gasteiger charge is -2.27. The van der Waals surface area contributed by atoms with Crippen molar-refractivity contribution in [1.82, 2.24) is 15.0 Å². The second-order valence-electron chi connectivity index (χ2n) is 10.6. The predicted molar refractivity (Wildman–Crippen MR) is 172 cm³/mol. The summed E-state index contributed by atoms with van der Waals surface area (Å²) in [6.07, 6.45) is -0.121. The van der Waals surface area contributed by atoms with Crippen LogP contribution in [0.3, 0.4) is 0 Å². The third-order valence-corrected chi connectivity index (χ3v) is 8.13. The molecule has 0 saturated carbocycles. The molecule has 1 aliphatic rings. The minimum absolute atomic E-state index is 0.121. The van der Waals surface area contributed by atoms with Crippen molar-refractivity contribution in [3.8, 4) is 34.2 Å². The summed E-state index contributed by atoms with van der Waals surface area (Å²) in [7, 11) is 2.15. The number of aromatic nitrogens is 3. The Balaban J connectivity index is 1.48. The third-order valence-electron chi connectivity index (χ3n) is 8.13. The van der Waals surface area contributed by atoms with Gasteiger partial charge in [-0.05, 0) is 33.7 Å². The molecule has 7 aromatic rings. The molecule has 42 heavy (non-hydrogen) atoms. The number of benzene rings is 6. The zero-order chi connectivity index (χ0) is 28.0. The first-order valence-electron chi connectivity index (χ1n) is 14.2. The predicted octanol–water partition coefficient (Wildman–Crippen LogP) is 8.74. The Hall–Kier alpha value is -5.55. The van der Waals surface area contributed by atoms with E-state index in [1.54, 1.807) is 0 Å². The van der Waals surface area contributed by atoms with E-state index >= 15 is 0 Å². The molecule has 200 valence electrons. The van der Waals surface area contributed by atoms with Crippen molar-refractivity contribution >= 4 is 32.9 Å². The molecule has 0 aliphatic carbocycles. The Morgan fingerprint density at radius 1 is 0.500 bits per heavy atom. The monoisotopic (exact) mass is 541 g/mol. The highest BCUT2D eigenvalue weighted by Crippen LogP contribution is 2.47. The van der Waals surface area contributed by atoms with Gasteiger partial charge in [0.2, 0.25) is 0 Å². The van der Waals surface area contributed by atoms with Gasteiger partial charge in [-0.25, -0.2) is 15.0 Å². The van der Waals surface area contributed by atoms with Gasteiger partial charge < -0.3 is 10.2 Å². The highest BCUT2D eigenvalue weighted by molar-refractivity contribution is 6.16. The van der Waals surface area contributed by atoms with Crippen molar-refractivity contribution in [3.05, 3.63) is 139 Å². The van der Waals surface area contributed by atoms with E-state index in [1.165, 1.54) is 16.2 Å². The normalized spacial score (nSPS) is 14.2. The number of hydrogen-bond acceptors (Lipinski definition) is 5. The highest BCUT2D eigenvalue weighted by Gasteiger charge is 2.32. The summed E-state index contributed by atoms with van der Waals surface area (Å²) in [5.41, 5.74) is 6.34. The number of nitrogens with zero attached hydrogens (tertiary/aromatic N) is 4. The molecule has 1 atom stereocenters. The van der Waals surface area contributed by atoms with Crippen LogP contribution in [0.5, 0.6) is 0 Å². The topological polar surface area (TPSA) is 53.9 Å². The van der Waals surface area contributed by atoms with Crippen molar-refractivity contribution in [2.45, 2.75) is 6.17 Å². The van der Waals surface area contributed by atoms with Gasteiger partial charge in [0.05, 0.1) is 11.4 Å². The molecule has 5 heteroatoms. The number of anilines is 2. The molecule has 1 aromatic heterocycles. The van der Waals surface area contributed by atoms with Crippen molar-refractivity contribution < 1.29 is 0 Å². The fraction of sp³-hybridized carbons (Fsp3) is 0.0541. The van der Waals surface area contributed by atoms with Gasteiger partial charge in [-0.2, -0.15) is 0 Å². The molecule has 0 radical (unpaired) electrons. The first kappa shape index (κ1) is 24.3. The Bertz CT molecular complexity index is 2030. The molecule has 0 amide bonds. The molecule has 0 saturated heterocycles. The summed E-state index contributed by atoms with van der Waals surface area (Å²) < 4.78 is 0. The molecule has 2 heterocycles. The van der Waals surface area contributed by atoms with Crippen LogP contribution in [0.4, 0.5) is 11.4 Å². The van der Waals surface area contributed by atoms with Crippen LogP contribution < -0.4 is 10.2 Å². The van der Waals surface area contributed by atoms with Crippen molar-refractivity contribution in [2.75, 3.05) is 17.3 Å². The van der Waals surface area contributed by atoms with E-state index in [0.29, 0.717) is 17.5 Å². The molecule has 8 rings (SSSR count). The molecule has 5 nitrogen and oxygen atoms in total. The number of fused-ring (bicyclic) bond motifs is 4. The zero-order valence-electron chi connectivity index (χ0n) is 23.1. The summed E-state index contributed by atoms with van der Waals surface area (Å²) in [5.74, 6) is 1.96. The van der Waals surface area contributed by atoms with E-state index in [0.717, 1.165) is 39.0 Å². The lowest BCUT2D eigenvalue weighted by molar-refractivity contribution is 0.800. The van der Waals surface area contributed by atoms with Crippen LogP contribution in [-0.2, 0) is 0 Å². The largest absolute Gasteiger partial charge is 0.360 e. The lowest BCUT2D eigenvalue weighted by Crippen LogP contribution is -2.25. The van der Waals surface area contributed by atoms with Crippen molar-refractivity contribution in [3.63, 3.8) is 0 Å². The molecule has 1 unspecified atom stereocenters. The number of rotatable bonds is 4. The molecular weight excluding hydrogens is 514 g/mol. The van der Waals surface area contributed by atoms with Crippen LogP contribution in [0, 0.1) is 0 Å². The maximum atomic E-state index is 5.19. The van der Waals surface area contributed by atoms with E-state index in [-0.39, 0.29) is 6.17 Å². The van der Waals surface area contributed by atoms with Gasteiger partial charge in [0.25, 0.3) is 0 Å². The van der Waals surface area contributed by atoms with Crippen LogP contribution in [0.1, 0.15) is 11.7 Å². The summed E-state index contributed by atoms with van der Waals surface area (Å²) in [6, 6.07) is 46.0. The van der Waals surface area contributed by atoms with E-state index < -0.39 is 0 Å². The van der Waals surface area contributed by atoms with Crippen LogP contribution in [0.15, 0.2) is 133 Å². The quantitative estimate of drug-likeness (QED) is 0.226. The molecule has 6 aromatic carbocycles. The van der Waals surface area contributed by atoms with E-state index in [1.807, 2.05) is 36.4 Å². The standard InChI is InChI=1S/C37H27N5/c1-42-31-23-13-12-22-30(31)38-37(42)33-29-21-11-9-19-27(29)26-18-8-10-20-28(26)32(33)36-40-34(24-14-4-2-5-15-24)39-35(41-36)25-16-6-3-7-17-25/h2-23,37-38H,1H3. The van der Waals surface area contributed by atoms with Crippen molar-refractivity contribution in [1.29, 1.82) is 0 Å². The van der Waals surface area contributed by atoms with Gasteiger partial charge in [0, 0.05) is 29.3 Å². The maximum Gasteiger partial charge on any atom is 0.165 e. The van der Waals surface area contributed by atoms with E-state index in [4.69, 9.17) is 15.0 Å². The van der Waals surface area contributed by atoms with Crippen LogP contribution in [0.2, 0.25) is 0 Å². The fourth-order valence-electron chi connectivity index (χ4n) is 6.17. The summed E-state index contributed by atoms with van der Waals surface area (Å²) in [4.78, 5) is 17.7. The smallest absolute Gasteiger partial charge is 0.165 e. The number of nitrogens with one attached hydrogen (secondary N) is 1. The molecule has 1 aliphatic heterocycles. The molecular formula is C37H27N5. The average molecular weight is 542 g/mol. The minimum Gasteiger partial charge on any atom is -0.360 e. The van der Waals surface area contributed by atoms with Crippen LogP contribution in [-0.4, -0.2) is 22.0 Å². The summed E-state index contributed by atoms with van der Waals surface area (Å²) in [6.45, 7) is 0. The first-order valence-corrected chi connectivity index (χ1v) is 14.2. The van der Waals surface area contributed by atoms with Gasteiger partial charge >= 0.3 is 0 Å². The SMILES string of the molecule is CN1c2ccccc2NC1c1c(-c2nc(-c3ccccc3)nc(-c3ccccc3)n2)c2ccccc2c2ccccc12. The van der Waals surface area contributed by atoms with Gasteiger partial charge in [-0.3, -0.25) is 0 Å². The molecule has 1 N–H and O–H groups in total. The van der Waals surface area contributed by atoms with Crippen LogP contribution >= 0.6 is 0 Å². The Kier molecular flexibility index (Phi) is 5.67. The fourth-order valence-corrected chi connectivity index (χ4v) is 6.17. The Morgan fingerprint density at radius 2 is 0.976 bits per heavy atom. The molecule has 0 bridgehead atoms. The van der Waals surface area contributed by atoms with Gasteiger partial charge in [-0.1, -0.05) is 121 Å². The second-order valence-corrected chi connectivity index (χ2v) is 10.6. The second kappa shape index (κ2) is 9.82. The van der Waals surface area contributed by atoms with Gasteiger partial charge in [0.15, 0.2) is 17.5 Å². The average Bonchev–Trinajstić information content (AvgIpc) is 3.40. The number of para-hydroxylation sites is 2. The lowest BCUT2D eigenvalue weighted by atomic mass is 9.89. The van der Waals surface area contributed by atoms with E-state index in [2.05, 4.69) is 114 Å². The third kappa shape index (κ3) is 3.90.